The van der Waals surface area contributed by atoms with Gasteiger partial charge in [0.2, 0.25) is 0 Å². The summed E-state index contributed by atoms with van der Waals surface area (Å²) in [6.07, 6.45) is 1.64. The van der Waals surface area contributed by atoms with Crippen molar-refractivity contribution < 1.29 is 4.79 Å². The number of carbonyl (C=O) groups excluding carboxylic acids is 1. The van der Waals surface area contributed by atoms with Gasteiger partial charge in [0.15, 0.2) is 0 Å². The van der Waals surface area contributed by atoms with E-state index in [1.807, 2.05) is 19.1 Å². The lowest BCUT2D eigenvalue weighted by atomic mass is 10.2. The fourth-order valence-corrected chi connectivity index (χ4v) is 2.63. The molecule has 2 heterocycles. The number of rotatable bonds is 6. The molecule has 1 N–H and O–H groups in total. The standard InChI is InChI=1S/C15H19N3OS/c1-3-16-15(19)12-7-8-14(17-10-12)18(4-2)11-13-6-5-9-20-13/h5-10H,3-4,11H2,1-2H3,(H,16,19). The molecule has 0 saturated carbocycles. The lowest BCUT2D eigenvalue weighted by Gasteiger charge is -2.21. The minimum atomic E-state index is -0.0761. The van der Waals surface area contributed by atoms with E-state index in [-0.39, 0.29) is 5.91 Å². The van der Waals surface area contributed by atoms with Crippen LogP contribution in [0.25, 0.3) is 0 Å². The summed E-state index contributed by atoms with van der Waals surface area (Å²) in [5, 5.41) is 4.85. The van der Waals surface area contributed by atoms with Gasteiger partial charge in [-0.1, -0.05) is 6.07 Å². The van der Waals surface area contributed by atoms with Crippen LogP contribution in [0.1, 0.15) is 29.1 Å². The van der Waals surface area contributed by atoms with E-state index in [4.69, 9.17) is 0 Å². The van der Waals surface area contributed by atoms with E-state index in [2.05, 4.69) is 39.6 Å². The Kier molecular flexibility index (Phi) is 5.12. The molecule has 0 fully saturated rings. The molecule has 20 heavy (non-hydrogen) atoms. The molecule has 2 aromatic heterocycles. The maximum absolute atomic E-state index is 11.7. The average Bonchev–Trinajstić information content (AvgIpc) is 2.98. The summed E-state index contributed by atoms with van der Waals surface area (Å²) in [7, 11) is 0. The van der Waals surface area contributed by atoms with Crippen molar-refractivity contribution in [3.05, 3.63) is 46.3 Å². The van der Waals surface area contributed by atoms with E-state index >= 15 is 0 Å². The molecular weight excluding hydrogens is 270 g/mol. The Bertz CT molecular complexity index is 537. The second-order valence-corrected chi connectivity index (χ2v) is 5.39. The molecular formula is C15H19N3OS. The van der Waals surface area contributed by atoms with Crippen molar-refractivity contribution >= 4 is 23.1 Å². The van der Waals surface area contributed by atoms with Crippen LogP contribution in [0, 0.1) is 0 Å². The maximum atomic E-state index is 11.7. The van der Waals surface area contributed by atoms with Crippen LogP contribution < -0.4 is 10.2 Å². The Morgan fingerprint density at radius 2 is 2.20 bits per heavy atom. The summed E-state index contributed by atoms with van der Waals surface area (Å²) in [6.45, 7) is 6.36. The zero-order valence-corrected chi connectivity index (χ0v) is 12.6. The van der Waals surface area contributed by atoms with Crippen molar-refractivity contribution in [3.63, 3.8) is 0 Å². The molecule has 2 rings (SSSR count). The number of nitrogens with zero attached hydrogens (tertiary/aromatic N) is 2. The number of thiophene rings is 1. The Labute approximate surface area is 123 Å². The van der Waals surface area contributed by atoms with Gasteiger partial charge in [-0.3, -0.25) is 4.79 Å². The third kappa shape index (κ3) is 3.57. The molecule has 0 atom stereocenters. The first-order valence-corrected chi connectivity index (χ1v) is 7.64. The second kappa shape index (κ2) is 7.05. The molecule has 0 spiro atoms. The predicted molar refractivity (Wildman–Crippen MR) is 83.3 cm³/mol. The molecule has 0 radical (unpaired) electrons. The lowest BCUT2D eigenvalue weighted by Crippen LogP contribution is -2.24. The van der Waals surface area contributed by atoms with Gasteiger partial charge in [-0.2, -0.15) is 0 Å². The fourth-order valence-electron chi connectivity index (χ4n) is 1.92. The number of hydrogen-bond acceptors (Lipinski definition) is 4. The molecule has 1 amide bonds. The Balaban J connectivity index is 2.09. The highest BCUT2D eigenvalue weighted by Crippen LogP contribution is 2.17. The number of hydrogen-bond donors (Lipinski definition) is 1. The SMILES string of the molecule is CCNC(=O)c1ccc(N(CC)Cc2cccs2)nc1. The third-order valence-electron chi connectivity index (χ3n) is 2.98. The monoisotopic (exact) mass is 289 g/mol. The predicted octanol–water partition coefficient (Wildman–Crippen LogP) is 2.92. The number of pyridine rings is 1. The first-order valence-electron chi connectivity index (χ1n) is 6.76. The number of anilines is 1. The van der Waals surface area contributed by atoms with Gasteiger partial charge in [-0.25, -0.2) is 4.98 Å². The van der Waals surface area contributed by atoms with Crippen LogP contribution in [0.4, 0.5) is 5.82 Å². The van der Waals surface area contributed by atoms with E-state index in [9.17, 15) is 4.79 Å². The topological polar surface area (TPSA) is 45.2 Å². The smallest absolute Gasteiger partial charge is 0.252 e. The minimum absolute atomic E-state index is 0.0761. The first-order chi connectivity index (χ1) is 9.74. The van der Waals surface area contributed by atoms with Crippen molar-refractivity contribution in [2.75, 3.05) is 18.0 Å². The molecule has 106 valence electrons. The molecule has 0 aliphatic rings. The number of aromatic nitrogens is 1. The summed E-state index contributed by atoms with van der Waals surface area (Å²) >= 11 is 1.74. The van der Waals surface area contributed by atoms with E-state index in [0.717, 1.165) is 18.9 Å². The van der Waals surface area contributed by atoms with Gasteiger partial charge in [0.05, 0.1) is 12.1 Å². The first kappa shape index (κ1) is 14.5. The van der Waals surface area contributed by atoms with Crippen molar-refractivity contribution in [1.29, 1.82) is 0 Å². The van der Waals surface area contributed by atoms with Gasteiger partial charge in [0, 0.05) is 24.2 Å². The summed E-state index contributed by atoms with van der Waals surface area (Å²) in [5.41, 5.74) is 0.600. The largest absolute Gasteiger partial charge is 0.352 e. The molecule has 2 aromatic rings. The number of carbonyl (C=O) groups is 1. The van der Waals surface area contributed by atoms with Crippen LogP contribution in [0.15, 0.2) is 35.8 Å². The van der Waals surface area contributed by atoms with Crippen LogP contribution in [0.5, 0.6) is 0 Å². The van der Waals surface area contributed by atoms with E-state index in [0.29, 0.717) is 12.1 Å². The van der Waals surface area contributed by atoms with E-state index in [1.165, 1.54) is 4.88 Å². The molecule has 0 aliphatic carbocycles. The number of nitrogens with one attached hydrogen (secondary N) is 1. The van der Waals surface area contributed by atoms with Gasteiger partial charge in [0.25, 0.3) is 5.91 Å². The molecule has 4 nitrogen and oxygen atoms in total. The van der Waals surface area contributed by atoms with Crippen molar-refractivity contribution in [2.24, 2.45) is 0 Å². The Hall–Kier alpha value is -1.88. The van der Waals surface area contributed by atoms with Gasteiger partial charge >= 0.3 is 0 Å². The van der Waals surface area contributed by atoms with Crippen molar-refractivity contribution in [1.82, 2.24) is 10.3 Å². The Morgan fingerprint density at radius 3 is 2.75 bits per heavy atom. The highest BCUT2D eigenvalue weighted by atomic mass is 32.1. The molecule has 0 aromatic carbocycles. The molecule has 0 unspecified atom stereocenters. The van der Waals surface area contributed by atoms with Gasteiger partial charge in [-0.15, -0.1) is 11.3 Å². The van der Waals surface area contributed by atoms with Crippen LogP contribution in [-0.4, -0.2) is 24.0 Å². The number of amides is 1. The zero-order chi connectivity index (χ0) is 14.4. The fraction of sp³-hybridized carbons (Fsp3) is 0.333. The van der Waals surface area contributed by atoms with Gasteiger partial charge in [-0.05, 0) is 37.4 Å². The summed E-state index contributed by atoms with van der Waals surface area (Å²) in [6, 6.07) is 7.90. The minimum Gasteiger partial charge on any atom is -0.352 e. The van der Waals surface area contributed by atoms with Crippen LogP contribution in [0.3, 0.4) is 0 Å². The second-order valence-electron chi connectivity index (χ2n) is 4.36. The Morgan fingerprint density at radius 1 is 1.35 bits per heavy atom. The summed E-state index contributed by atoms with van der Waals surface area (Å²) < 4.78 is 0. The third-order valence-corrected chi connectivity index (χ3v) is 3.84. The van der Waals surface area contributed by atoms with Gasteiger partial charge in [0.1, 0.15) is 5.82 Å². The molecule has 0 aliphatic heterocycles. The quantitative estimate of drug-likeness (QED) is 0.889. The highest BCUT2D eigenvalue weighted by molar-refractivity contribution is 7.09. The van der Waals surface area contributed by atoms with E-state index < -0.39 is 0 Å². The molecule has 5 heteroatoms. The highest BCUT2D eigenvalue weighted by Gasteiger charge is 2.09. The summed E-state index contributed by atoms with van der Waals surface area (Å²) in [5.74, 6) is 0.821. The van der Waals surface area contributed by atoms with Gasteiger partial charge < -0.3 is 10.2 Å². The van der Waals surface area contributed by atoms with E-state index in [1.54, 1.807) is 17.5 Å². The molecule has 0 saturated heterocycles. The lowest BCUT2D eigenvalue weighted by molar-refractivity contribution is 0.0955. The zero-order valence-electron chi connectivity index (χ0n) is 11.8. The van der Waals surface area contributed by atoms with Crippen LogP contribution in [0.2, 0.25) is 0 Å². The maximum Gasteiger partial charge on any atom is 0.252 e. The normalized spacial score (nSPS) is 10.3. The van der Waals surface area contributed by atoms with Crippen molar-refractivity contribution in [2.45, 2.75) is 20.4 Å². The van der Waals surface area contributed by atoms with Crippen LogP contribution >= 0.6 is 11.3 Å². The molecule has 0 bridgehead atoms. The summed E-state index contributed by atoms with van der Waals surface area (Å²) in [4.78, 5) is 19.6. The van der Waals surface area contributed by atoms with Crippen LogP contribution in [-0.2, 0) is 6.54 Å². The van der Waals surface area contributed by atoms with Crippen molar-refractivity contribution in [3.8, 4) is 0 Å². The average molecular weight is 289 g/mol.